The largest absolute Gasteiger partial charge is 0.388 e. The summed E-state index contributed by atoms with van der Waals surface area (Å²) in [7, 11) is 1.83. The lowest BCUT2D eigenvalue weighted by Crippen LogP contribution is -2.02. The molecule has 116 valence electrons. The van der Waals surface area contributed by atoms with E-state index in [0.717, 1.165) is 24.1 Å². The fraction of sp³-hybridized carbons (Fsp3) is 0.812. The van der Waals surface area contributed by atoms with Gasteiger partial charge in [-0.15, -0.1) is 0 Å². The van der Waals surface area contributed by atoms with Crippen molar-refractivity contribution in [2.45, 2.75) is 77.7 Å². The summed E-state index contributed by atoms with van der Waals surface area (Å²) in [6.45, 7) is 6.39. The van der Waals surface area contributed by atoms with Crippen LogP contribution in [0.1, 0.15) is 89.0 Å². The van der Waals surface area contributed by atoms with Gasteiger partial charge in [0.2, 0.25) is 0 Å². The highest BCUT2D eigenvalue weighted by atomic mass is 35.5. The zero-order valence-electron chi connectivity index (χ0n) is 13.3. The number of hydrogen-bond donors (Lipinski definition) is 1. The van der Waals surface area contributed by atoms with Crippen LogP contribution in [0, 0.1) is 0 Å². The second-order valence-electron chi connectivity index (χ2n) is 5.94. The lowest BCUT2D eigenvalue weighted by Gasteiger charge is -2.13. The van der Waals surface area contributed by atoms with Gasteiger partial charge in [0.1, 0.15) is 5.15 Å². The molecule has 3 nitrogen and oxygen atoms in total. The smallest absolute Gasteiger partial charge is 0.132 e. The quantitative estimate of drug-likeness (QED) is 0.653. The SMILES string of the molecule is CCCCCCCCC(O)c1c(C(C)C)nn(C)c1Cl. The van der Waals surface area contributed by atoms with Crippen LogP contribution in [0.2, 0.25) is 5.15 Å². The Morgan fingerprint density at radius 2 is 1.75 bits per heavy atom. The zero-order chi connectivity index (χ0) is 15.1. The number of aromatic nitrogens is 2. The predicted molar refractivity (Wildman–Crippen MR) is 85.3 cm³/mol. The summed E-state index contributed by atoms with van der Waals surface area (Å²) >= 11 is 6.27. The van der Waals surface area contributed by atoms with Crippen LogP contribution < -0.4 is 0 Å². The molecular formula is C16H29ClN2O. The van der Waals surface area contributed by atoms with Gasteiger partial charge in [-0.3, -0.25) is 4.68 Å². The van der Waals surface area contributed by atoms with Crippen molar-refractivity contribution in [3.8, 4) is 0 Å². The highest BCUT2D eigenvalue weighted by Gasteiger charge is 2.23. The first kappa shape index (κ1) is 17.5. The molecule has 4 heteroatoms. The fourth-order valence-electron chi connectivity index (χ4n) is 2.54. The first-order valence-corrected chi connectivity index (χ1v) is 8.27. The van der Waals surface area contributed by atoms with Gasteiger partial charge in [0.25, 0.3) is 0 Å². The summed E-state index contributed by atoms with van der Waals surface area (Å²) in [4.78, 5) is 0. The van der Waals surface area contributed by atoms with Crippen molar-refractivity contribution in [3.05, 3.63) is 16.4 Å². The number of aliphatic hydroxyl groups is 1. The van der Waals surface area contributed by atoms with Crippen LogP contribution in [0.3, 0.4) is 0 Å². The Balaban J connectivity index is 2.52. The lowest BCUT2D eigenvalue weighted by molar-refractivity contribution is 0.162. The van der Waals surface area contributed by atoms with E-state index in [0.29, 0.717) is 5.15 Å². The van der Waals surface area contributed by atoms with Crippen molar-refractivity contribution in [2.75, 3.05) is 0 Å². The van der Waals surface area contributed by atoms with Crippen molar-refractivity contribution in [1.29, 1.82) is 0 Å². The third-order valence-electron chi connectivity index (χ3n) is 3.75. The van der Waals surface area contributed by atoms with E-state index in [9.17, 15) is 5.11 Å². The van der Waals surface area contributed by atoms with E-state index in [2.05, 4.69) is 25.9 Å². The Labute approximate surface area is 128 Å². The summed E-state index contributed by atoms with van der Waals surface area (Å²) in [5.41, 5.74) is 1.76. The Bertz CT molecular complexity index is 401. The van der Waals surface area contributed by atoms with Crippen LogP contribution in [0.4, 0.5) is 0 Å². The summed E-state index contributed by atoms with van der Waals surface area (Å²) in [5.74, 6) is 0.280. The normalized spacial score (nSPS) is 13.2. The van der Waals surface area contributed by atoms with Gasteiger partial charge >= 0.3 is 0 Å². The van der Waals surface area contributed by atoms with E-state index in [4.69, 9.17) is 11.6 Å². The van der Waals surface area contributed by atoms with E-state index in [1.807, 2.05) is 7.05 Å². The first-order chi connectivity index (χ1) is 9.49. The van der Waals surface area contributed by atoms with Crippen LogP contribution >= 0.6 is 11.6 Å². The van der Waals surface area contributed by atoms with E-state index in [-0.39, 0.29) is 5.92 Å². The molecule has 0 aliphatic rings. The van der Waals surface area contributed by atoms with Crippen LogP contribution in [0.25, 0.3) is 0 Å². The number of rotatable bonds is 9. The maximum atomic E-state index is 10.4. The van der Waals surface area contributed by atoms with Gasteiger partial charge < -0.3 is 5.11 Å². The number of halogens is 1. The summed E-state index contributed by atoms with van der Waals surface area (Å²) in [6, 6.07) is 0. The minimum absolute atomic E-state index is 0.280. The second kappa shape index (κ2) is 8.68. The van der Waals surface area contributed by atoms with Gasteiger partial charge in [-0.1, -0.05) is 70.9 Å². The van der Waals surface area contributed by atoms with Crippen LogP contribution in [0.15, 0.2) is 0 Å². The molecule has 0 radical (unpaired) electrons. The van der Waals surface area contributed by atoms with Crippen molar-refractivity contribution in [2.24, 2.45) is 7.05 Å². The highest BCUT2D eigenvalue weighted by molar-refractivity contribution is 6.30. The lowest BCUT2D eigenvalue weighted by atomic mass is 9.98. The highest BCUT2D eigenvalue weighted by Crippen LogP contribution is 2.33. The summed E-state index contributed by atoms with van der Waals surface area (Å²) < 4.78 is 1.66. The molecule has 0 saturated carbocycles. The molecule has 0 spiro atoms. The van der Waals surface area contributed by atoms with Crippen molar-refractivity contribution < 1.29 is 5.11 Å². The fourth-order valence-corrected chi connectivity index (χ4v) is 2.80. The number of hydrogen-bond acceptors (Lipinski definition) is 2. The number of nitrogens with zero attached hydrogens (tertiary/aromatic N) is 2. The number of aryl methyl sites for hydroxylation is 1. The molecular weight excluding hydrogens is 272 g/mol. The molecule has 0 fully saturated rings. The molecule has 1 aromatic rings. The molecule has 1 atom stereocenters. The standard InChI is InChI=1S/C16H29ClN2O/c1-5-6-7-8-9-10-11-13(20)14-15(12(2)3)18-19(4)16(14)17/h12-13,20H,5-11H2,1-4H3. The van der Waals surface area contributed by atoms with E-state index < -0.39 is 6.10 Å². The monoisotopic (exact) mass is 300 g/mol. The molecule has 0 amide bonds. The molecule has 1 heterocycles. The Kier molecular flexibility index (Phi) is 7.60. The molecule has 1 rings (SSSR count). The Morgan fingerprint density at radius 3 is 2.35 bits per heavy atom. The van der Waals surface area contributed by atoms with Crippen molar-refractivity contribution in [1.82, 2.24) is 9.78 Å². The van der Waals surface area contributed by atoms with Crippen molar-refractivity contribution >= 4 is 11.6 Å². The summed E-state index contributed by atoms with van der Waals surface area (Å²) in [5, 5.41) is 15.4. The molecule has 1 aromatic heterocycles. The summed E-state index contributed by atoms with van der Waals surface area (Å²) in [6.07, 6.45) is 7.67. The molecule has 1 unspecified atom stereocenters. The number of unbranched alkanes of at least 4 members (excludes halogenated alkanes) is 5. The molecule has 0 saturated heterocycles. The van der Waals surface area contributed by atoms with Crippen LogP contribution in [-0.4, -0.2) is 14.9 Å². The predicted octanol–water partition coefficient (Wildman–Crippen LogP) is 4.98. The maximum Gasteiger partial charge on any atom is 0.132 e. The number of aliphatic hydroxyl groups excluding tert-OH is 1. The average Bonchev–Trinajstić information content (AvgIpc) is 2.70. The second-order valence-corrected chi connectivity index (χ2v) is 6.30. The van der Waals surface area contributed by atoms with Gasteiger partial charge in [0.05, 0.1) is 11.8 Å². The van der Waals surface area contributed by atoms with Gasteiger partial charge in [0, 0.05) is 12.6 Å². The van der Waals surface area contributed by atoms with Gasteiger partial charge in [0.15, 0.2) is 0 Å². The van der Waals surface area contributed by atoms with E-state index in [1.165, 1.54) is 32.1 Å². The van der Waals surface area contributed by atoms with Crippen LogP contribution in [-0.2, 0) is 7.05 Å². The van der Waals surface area contributed by atoms with E-state index in [1.54, 1.807) is 4.68 Å². The molecule has 0 aliphatic carbocycles. The molecule has 0 aromatic carbocycles. The first-order valence-electron chi connectivity index (χ1n) is 7.89. The third kappa shape index (κ3) is 4.78. The minimum atomic E-state index is -0.486. The molecule has 20 heavy (non-hydrogen) atoms. The molecule has 0 aliphatic heterocycles. The molecule has 1 N–H and O–H groups in total. The average molecular weight is 301 g/mol. The van der Waals surface area contributed by atoms with Gasteiger partial charge in [-0.05, 0) is 12.3 Å². The Hall–Kier alpha value is -0.540. The zero-order valence-corrected chi connectivity index (χ0v) is 14.1. The topological polar surface area (TPSA) is 38.1 Å². The molecule has 0 bridgehead atoms. The Morgan fingerprint density at radius 1 is 1.15 bits per heavy atom. The van der Waals surface area contributed by atoms with Gasteiger partial charge in [-0.2, -0.15) is 5.10 Å². The van der Waals surface area contributed by atoms with E-state index >= 15 is 0 Å². The van der Waals surface area contributed by atoms with Gasteiger partial charge in [-0.25, -0.2) is 0 Å². The third-order valence-corrected chi connectivity index (χ3v) is 4.20. The van der Waals surface area contributed by atoms with Crippen molar-refractivity contribution in [3.63, 3.8) is 0 Å². The van der Waals surface area contributed by atoms with Crippen LogP contribution in [0.5, 0.6) is 0 Å². The maximum absolute atomic E-state index is 10.4. The minimum Gasteiger partial charge on any atom is -0.388 e.